The van der Waals surface area contributed by atoms with Crippen LogP contribution in [0.3, 0.4) is 0 Å². The van der Waals surface area contributed by atoms with E-state index < -0.39 is 35.5 Å². The van der Waals surface area contributed by atoms with E-state index in [1.165, 1.54) is 19.4 Å². The lowest BCUT2D eigenvalue weighted by molar-refractivity contribution is -0.134. The van der Waals surface area contributed by atoms with Gasteiger partial charge < -0.3 is 15.4 Å². The van der Waals surface area contributed by atoms with Crippen LogP contribution in [0.5, 0.6) is 0 Å². The number of hydrogen-bond donors (Lipinski definition) is 2. The minimum Gasteiger partial charge on any atom is -0.466 e. The van der Waals surface area contributed by atoms with Gasteiger partial charge in [0.15, 0.2) is 0 Å². The van der Waals surface area contributed by atoms with E-state index in [0.29, 0.717) is 24.0 Å². The van der Waals surface area contributed by atoms with Crippen molar-refractivity contribution in [3.63, 3.8) is 0 Å². The van der Waals surface area contributed by atoms with Crippen LogP contribution in [0.1, 0.15) is 37.8 Å². The van der Waals surface area contributed by atoms with Gasteiger partial charge >= 0.3 is 5.97 Å². The van der Waals surface area contributed by atoms with Gasteiger partial charge in [-0.1, -0.05) is 13.3 Å². The van der Waals surface area contributed by atoms with Crippen LogP contribution in [0.25, 0.3) is 5.57 Å². The third-order valence-electron chi connectivity index (χ3n) is 4.52. The van der Waals surface area contributed by atoms with Gasteiger partial charge in [0.1, 0.15) is 23.5 Å². The Bertz CT molecular complexity index is 987. The first-order chi connectivity index (χ1) is 15.2. The second kappa shape index (κ2) is 11.7. The Hall–Kier alpha value is -3.62. The molecular weight excluding hydrogens is 420 g/mol. The topological polar surface area (TPSA) is 97.4 Å². The van der Waals surface area contributed by atoms with Gasteiger partial charge in [-0.15, -0.1) is 0 Å². The van der Waals surface area contributed by atoms with Crippen molar-refractivity contribution in [2.75, 3.05) is 12.4 Å². The number of carbonyl (C=O) groups excluding carboxylic acids is 3. The molecule has 1 atom stereocenters. The number of amides is 2. The van der Waals surface area contributed by atoms with Crippen molar-refractivity contribution in [2.24, 2.45) is 0 Å². The summed E-state index contributed by atoms with van der Waals surface area (Å²) in [5.74, 6) is -2.77. The van der Waals surface area contributed by atoms with Crippen molar-refractivity contribution in [3.8, 4) is 0 Å². The van der Waals surface area contributed by atoms with Gasteiger partial charge in [-0.05, 0) is 54.3 Å². The molecule has 1 unspecified atom stereocenters. The molecule has 0 fully saturated rings. The number of carbonyl (C=O) groups is 3. The predicted octanol–water partition coefficient (Wildman–Crippen LogP) is 3.40. The van der Waals surface area contributed by atoms with Gasteiger partial charge in [0.05, 0.1) is 13.5 Å². The SMILES string of the molecule is CCCC(NC(=O)Cc1cc(F)cc(F)c1)C(=O)Nc1ccc(/C(C)=C\C(=O)OC)cn1. The van der Waals surface area contributed by atoms with Crippen LogP contribution < -0.4 is 10.6 Å². The van der Waals surface area contributed by atoms with E-state index in [4.69, 9.17) is 0 Å². The summed E-state index contributed by atoms with van der Waals surface area (Å²) in [6.07, 6.45) is 3.55. The van der Waals surface area contributed by atoms with Crippen molar-refractivity contribution in [1.82, 2.24) is 10.3 Å². The number of aromatic nitrogens is 1. The largest absolute Gasteiger partial charge is 0.466 e. The van der Waals surface area contributed by atoms with Crippen LogP contribution in [0.4, 0.5) is 14.6 Å². The zero-order valence-corrected chi connectivity index (χ0v) is 18.1. The Balaban J connectivity index is 2.02. The summed E-state index contributed by atoms with van der Waals surface area (Å²) in [5.41, 5.74) is 1.49. The molecule has 1 aromatic heterocycles. The standard InChI is InChI=1S/C23H25F2N3O4/c1-4-5-19(27-21(29)11-15-9-17(24)12-18(25)10-15)23(31)28-20-7-6-16(13-26-20)14(2)8-22(30)32-3/h6-10,12-13,19H,4-5,11H2,1-3H3,(H,27,29)(H,26,28,31)/b14-8-. The molecule has 0 saturated carbocycles. The zero-order chi connectivity index (χ0) is 23.7. The summed E-state index contributed by atoms with van der Waals surface area (Å²) in [6, 6.07) is 5.28. The number of nitrogens with zero attached hydrogens (tertiary/aromatic N) is 1. The van der Waals surface area contributed by atoms with Gasteiger partial charge in [0.25, 0.3) is 0 Å². The van der Waals surface area contributed by atoms with Crippen molar-refractivity contribution >= 4 is 29.2 Å². The molecule has 0 spiro atoms. The first kappa shape index (κ1) is 24.6. The third kappa shape index (κ3) is 7.57. The van der Waals surface area contributed by atoms with E-state index in [9.17, 15) is 23.2 Å². The monoisotopic (exact) mass is 445 g/mol. The van der Waals surface area contributed by atoms with E-state index in [0.717, 1.165) is 18.2 Å². The average molecular weight is 445 g/mol. The maximum atomic E-state index is 13.3. The van der Waals surface area contributed by atoms with Crippen LogP contribution in [-0.4, -0.2) is 35.9 Å². The maximum absolute atomic E-state index is 13.3. The van der Waals surface area contributed by atoms with E-state index >= 15 is 0 Å². The number of hydrogen-bond acceptors (Lipinski definition) is 5. The smallest absolute Gasteiger partial charge is 0.330 e. The summed E-state index contributed by atoms with van der Waals surface area (Å²) in [5, 5.41) is 5.24. The second-order valence-electron chi connectivity index (χ2n) is 7.14. The van der Waals surface area contributed by atoms with Crippen molar-refractivity contribution < 1.29 is 27.9 Å². The molecule has 0 aliphatic rings. The Morgan fingerprint density at radius 1 is 1.16 bits per heavy atom. The number of anilines is 1. The molecule has 2 N–H and O–H groups in total. The molecule has 32 heavy (non-hydrogen) atoms. The molecule has 2 amide bonds. The summed E-state index contributed by atoms with van der Waals surface area (Å²) in [7, 11) is 1.28. The van der Waals surface area contributed by atoms with Gasteiger partial charge in [0.2, 0.25) is 11.8 Å². The van der Waals surface area contributed by atoms with Crippen LogP contribution in [0.2, 0.25) is 0 Å². The van der Waals surface area contributed by atoms with Crippen LogP contribution in [0, 0.1) is 11.6 Å². The molecule has 0 aliphatic carbocycles. The molecule has 2 rings (SSSR count). The molecular formula is C23H25F2N3O4. The lowest BCUT2D eigenvalue weighted by Crippen LogP contribution is -2.44. The molecule has 7 nitrogen and oxygen atoms in total. The van der Waals surface area contributed by atoms with E-state index in [2.05, 4.69) is 20.4 Å². The molecule has 2 aromatic rings. The van der Waals surface area contributed by atoms with Gasteiger partial charge in [0, 0.05) is 18.3 Å². The zero-order valence-electron chi connectivity index (χ0n) is 18.1. The minimum atomic E-state index is -0.840. The van der Waals surface area contributed by atoms with Crippen molar-refractivity contribution in [1.29, 1.82) is 0 Å². The first-order valence-corrected chi connectivity index (χ1v) is 9.99. The molecule has 0 radical (unpaired) electrons. The maximum Gasteiger partial charge on any atom is 0.330 e. The van der Waals surface area contributed by atoms with E-state index in [-0.39, 0.29) is 17.8 Å². The quantitative estimate of drug-likeness (QED) is 0.456. The highest BCUT2D eigenvalue weighted by Crippen LogP contribution is 2.15. The molecule has 1 aromatic carbocycles. The number of rotatable bonds is 9. The molecule has 170 valence electrons. The number of methoxy groups -OCH3 is 1. The predicted molar refractivity (Wildman–Crippen MR) is 115 cm³/mol. The van der Waals surface area contributed by atoms with E-state index in [1.54, 1.807) is 19.1 Å². The second-order valence-corrected chi connectivity index (χ2v) is 7.14. The Morgan fingerprint density at radius 3 is 2.41 bits per heavy atom. The number of benzene rings is 1. The normalized spacial score (nSPS) is 12.1. The fourth-order valence-electron chi connectivity index (χ4n) is 2.93. The number of pyridine rings is 1. The van der Waals surface area contributed by atoms with Gasteiger partial charge in [-0.25, -0.2) is 18.6 Å². The molecule has 0 saturated heterocycles. The third-order valence-corrected chi connectivity index (χ3v) is 4.52. The number of halogens is 2. The Kier molecular flexibility index (Phi) is 9.00. The number of nitrogens with one attached hydrogen (secondary N) is 2. The number of allylic oxidation sites excluding steroid dienone is 1. The summed E-state index contributed by atoms with van der Waals surface area (Å²) >= 11 is 0. The van der Waals surface area contributed by atoms with E-state index in [1.807, 2.05) is 6.92 Å². The molecule has 1 heterocycles. The van der Waals surface area contributed by atoms with Crippen LogP contribution >= 0.6 is 0 Å². The first-order valence-electron chi connectivity index (χ1n) is 9.99. The lowest BCUT2D eigenvalue weighted by Gasteiger charge is -2.18. The fraction of sp³-hybridized carbons (Fsp3) is 0.304. The number of ether oxygens (including phenoxy) is 1. The lowest BCUT2D eigenvalue weighted by atomic mass is 10.1. The van der Waals surface area contributed by atoms with Crippen molar-refractivity contribution in [2.45, 2.75) is 39.2 Å². The molecule has 0 bridgehead atoms. The minimum absolute atomic E-state index is 0.170. The average Bonchev–Trinajstić information content (AvgIpc) is 2.72. The summed E-state index contributed by atoms with van der Waals surface area (Å²) in [4.78, 5) is 40.5. The molecule has 0 aliphatic heterocycles. The summed E-state index contributed by atoms with van der Waals surface area (Å²) < 4.78 is 31.2. The Labute approximate surface area is 184 Å². The van der Waals surface area contributed by atoms with Crippen LogP contribution in [0.15, 0.2) is 42.6 Å². The highest BCUT2D eigenvalue weighted by molar-refractivity contribution is 5.97. The highest BCUT2D eigenvalue weighted by atomic mass is 19.1. The van der Waals surface area contributed by atoms with Gasteiger partial charge in [-0.2, -0.15) is 0 Å². The highest BCUT2D eigenvalue weighted by Gasteiger charge is 2.21. The number of esters is 1. The van der Waals surface area contributed by atoms with Gasteiger partial charge in [-0.3, -0.25) is 9.59 Å². The summed E-state index contributed by atoms with van der Waals surface area (Å²) in [6.45, 7) is 3.58. The molecule has 9 heteroatoms. The van der Waals surface area contributed by atoms with Crippen LogP contribution in [-0.2, 0) is 25.5 Å². The fourth-order valence-corrected chi connectivity index (χ4v) is 2.93. The van der Waals surface area contributed by atoms with Crippen molar-refractivity contribution in [3.05, 3.63) is 65.4 Å². The Morgan fingerprint density at radius 2 is 1.84 bits per heavy atom.